The highest BCUT2D eigenvalue weighted by molar-refractivity contribution is 6.33. The molecular weight excluding hydrogens is 401 g/mol. The fourth-order valence-corrected chi connectivity index (χ4v) is 2.83. The summed E-state index contributed by atoms with van der Waals surface area (Å²) in [6, 6.07) is 2.46. The topological polar surface area (TPSA) is 88.3 Å². The minimum atomic E-state index is -4.60. The number of Topliss-reactive ketones (excluding diaryl/α,β-unsaturated/α-hetero) is 1. The Hall–Kier alpha value is -2.81. The first-order chi connectivity index (χ1) is 12.9. The summed E-state index contributed by atoms with van der Waals surface area (Å²) in [5.74, 6) is -1.98. The van der Waals surface area contributed by atoms with Gasteiger partial charge >= 0.3 is 12.1 Å². The minimum Gasteiger partial charge on any atom is -0.451 e. The van der Waals surface area contributed by atoms with Crippen LogP contribution in [0.1, 0.15) is 44.6 Å². The van der Waals surface area contributed by atoms with E-state index in [0.29, 0.717) is 22.9 Å². The van der Waals surface area contributed by atoms with Crippen LogP contribution in [0.2, 0.25) is 5.02 Å². The van der Waals surface area contributed by atoms with Crippen molar-refractivity contribution in [3.63, 3.8) is 0 Å². The summed E-state index contributed by atoms with van der Waals surface area (Å²) in [7, 11) is 0. The van der Waals surface area contributed by atoms with Gasteiger partial charge in [0.15, 0.2) is 12.4 Å². The second kappa shape index (κ2) is 8.05. The van der Waals surface area contributed by atoms with Gasteiger partial charge < -0.3 is 15.0 Å². The second-order valence-corrected chi connectivity index (χ2v) is 6.41. The number of hydrogen-bond acceptors (Lipinski definition) is 4. The molecule has 6 nitrogen and oxygen atoms in total. The zero-order chi connectivity index (χ0) is 21.2. The van der Waals surface area contributed by atoms with Crippen molar-refractivity contribution >= 4 is 34.9 Å². The molecule has 0 atom stereocenters. The number of carbonyl (C=O) groups is 3. The van der Waals surface area contributed by atoms with Gasteiger partial charge in [-0.1, -0.05) is 11.6 Å². The lowest BCUT2D eigenvalue weighted by Crippen LogP contribution is -2.22. The van der Waals surface area contributed by atoms with Gasteiger partial charge in [-0.05, 0) is 44.5 Å². The van der Waals surface area contributed by atoms with Crippen LogP contribution in [-0.4, -0.2) is 29.3 Å². The van der Waals surface area contributed by atoms with Gasteiger partial charge in [0.1, 0.15) is 5.69 Å². The largest absolute Gasteiger partial charge is 0.451 e. The van der Waals surface area contributed by atoms with Crippen LogP contribution in [0.15, 0.2) is 18.2 Å². The van der Waals surface area contributed by atoms with Gasteiger partial charge in [-0.25, -0.2) is 4.79 Å². The van der Waals surface area contributed by atoms with E-state index in [1.807, 2.05) is 0 Å². The summed E-state index contributed by atoms with van der Waals surface area (Å²) in [6.07, 6.45) is -4.60. The van der Waals surface area contributed by atoms with Crippen molar-refractivity contribution in [2.45, 2.75) is 26.9 Å². The molecule has 2 rings (SSSR count). The Bertz CT molecular complexity index is 951. The molecule has 1 amide bonds. The number of nitrogens with one attached hydrogen (secondary N) is 2. The van der Waals surface area contributed by atoms with E-state index in [9.17, 15) is 27.6 Å². The smallest absolute Gasteiger partial charge is 0.416 e. The van der Waals surface area contributed by atoms with Crippen LogP contribution >= 0.6 is 11.6 Å². The van der Waals surface area contributed by atoms with Crippen LogP contribution in [0.3, 0.4) is 0 Å². The van der Waals surface area contributed by atoms with Crippen molar-refractivity contribution in [1.29, 1.82) is 0 Å². The minimum absolute atomic E-state index is 0.0209. The summed E-state index contributed by atoms with van der Waals surface area (Å²) in [5, 5.41) is 2.06. The standard InChI is InChI=1S/C18H16ClF3N2O4/c1-8-15(10(3)25)9(2)23-16(8)17(27)28-7-14(26)24-13-6-11(18(20,21)22)4-5-12(13)19/h4-6,23H,7H2,1-3H3,(H,24,26). The van der Waals surface area contributed by atoms with Crippen LogP contribution in [-0.2, 0) is 15.7 Å². The number of benzene rings is 1. The van der Waals surface area contributed by atoms with E-state index in [4.69, 9.17) is 16.3 Å². The van der Waals surface area contributed by atoms with Gasteiger partial charge in [-0.2, -0.15) is 13.2 Å². The second-order valence-electron chi connectivity index (χ2n) is 6.00. The Morgan fingerprint density at radius 1 is 1.21 bits per heavy atom. The van der Waals surface area contributed by atoms with Crippen LogP contribution in [0.4, 0.5) is 18.9 Å². The average Bonchev–Trinajstić information content (AvgIpc) is 2.88. The number of ether oxygens (including phenoxy) is 1. The Labute approximate surface area is 163 Å². The molecule has 0 spiro atoms. The molecule has 1 heterocycles. The van der Waals surface area contributed by atoms with E-state index in [0.717, 1.165) is 12.1 Å². The van der Waals surface area contributed by atoms with E-state index in [1.165, 1.54) is 6.92 Å². The lowest BCUT2D eigenvalue weighted by Gasteiger charge is -2.11. The number of ketones is 1. The van der Waals surface area contributed by atoms with Gasteiger partial charge in [0, 0.05) is 11.3 Å². The number of hydrogen-bond donors (Lipinski definition) is 2. The molecule has 0 saturated heterocycles. The fourth-order valence-electron chi connectivity index (χ4n) is 2.67. The number of H-pyrrole nitrogens is 1. The monoisotopic (exact) mass is 416 g/mol. The number of aryl methyl sites for hydroxylation is 1. The molecule has 10 heteroatoms. The maximum Gasteiger partial charge on any atom is 0.416 e. The Kier molecular flexibility index (Phi) is 6.18. The number of carbonyl (C=O) groups excluding carboxylic acids is 3. The van der Waals surface area contributed by atoms with E-state index in [-0.39, 0.29) is 22.2 Å². The summed E-state index contributed by atoms with van der Waals surface area (Å²) < 4.78 is 43.1. The van der Waals surface area contributed by atoms with Crippen molar-refractivity contribution in [3.05, 3.63) is 51.3 Å². The maximum absolute atomic E-state index is 12.8. The van der Waals surface area contributed by atoms with Gasteiger partial charge in [-0.3, -0.25) is 9.59 Å². The zero-order valence-corrected chi connectivity index (χ0v) is 15.8. The summed E-state index contributed by atoms with van der Waals surface area (Å²) in [5.41, 5.74) is -0.00465. The number of alkyl halides is 3. The number of esters is 1. The number of aromatic amines is 1. The molecule has 0 aliphatic heterocycles. The van der Waals surface area contributed by atoms with E-state index < -0.39 is 30.2 Å². The molecule has 0 radical (unpaired) electrons. The molecule has 2 aromatic rings. The molecule has 150 valence electrons. The molecule has 0 saturated carbocycles. The average molecular weight is 417 g/mol. The van der Waals surface area contributed by atoms with E-state index >= 15 is 0 Å². The third-order valence-corrected chi connectivity index (χ3v) is 4.23. The highest BCUT2D eigenvalue weighted by Gasteiger charge is 2.31. The van der Waals surface area contributed by atoms with Crippen molar-refractivity contribution < 1.29 is 32.3 Å². The van der Waals surface area contributed by atoms with E-state index in [2.05, 4.69) is 10.3 Å². The molecule has 1 aromatic heterocycles. The lowest BCUT2D eigenvalue weighted by molar-refractivity contribution is -0.137. The molecule has 0 bridgehead atoms. The van der Waals surface area contributed by atoms with E-state index in [1.54, 1.807) is 13.8 Å². The maximum atomic E-state index is 12.8. The van der Waals surface area contributed by atoms with Gasteiger partial charge in [0.25, 0.3) is 5.91 Å². The zero-order valence-electron chi connectivity index (χ0n) is 15.1. The predicted molar refractivity (Wildman–Crippen MR) is 95.6 cm³/mol. The first-order valence-electron chi connectivity index (χ1n) is 7.95. The quantitative estimate of drug-likeness (QED) is 0.561. The third-order valence-electron chi connectivity index (χ3n) is 3.90. The first-order valence-corrected chi connectivity index (χ1v) is 8.33. The Morgan fingerprint density at radius 3 is 2.39 bits per heavy atom. The highest BCUT2D eigenvalue weighted by Crippen LogP contribution is 2.33. The Balaban J connectivity index is 2.06. The Morgan fingerprint density at radius 2 is 1.86 bits per heavy atom. The molecule has 0 fully saturated rings. The third kappa shape index (κ3) is 4.72. The van der Waals surface area contributed by atoms with Crippen molar-refractivity contribution in [2.75, 3.05) is 11.9 Å². The van der Waals surface area contributed by atoms with Gasteiger partial charge in [-0.15, -0.1) is 0 Å². The molecule has 28 heavy (non-hydrogen) atoms. The predicted octanol–water partition coefficient (Wildman–Crippen LogP) is 4.30. The highest BCUT2D eigenvalue weighted by atomic mass is 35.5. The van der Waals surface area contributed by atoms with Crippen LogP contribution in [0.25, 0.3) is 0 Å². The molecular formula is C18H16ClF3N2O4. The molecule has 1 aromatic carbocycles. The van der Waals surface area contributed by atoms with Crippen molar-refractivity contribution in [2.24, 2.45) is 0 Å². The number of halogens is 4. The summed E-state index contributed by atoms with van der Waals surface area (Å²) in [6.45, 7) is 3.77. The van der Waals surface area contributed by atoms with Gasteiger partial charge in [0.2, 0.25) is 0 Å². The molecule has 0 aliphatic rings. The molecule has 0 unspecified atom stereocenters. The van der Waals surface area contributed by atoms with Gasteiger partial charge in [0.05, 0.1) is 16.3 Å². The summed E-state index contributed by atoms with van der Waals surface area (Å²) >= 11 is 5.79. The fraction of sp³-hybridized carbons (Fsp3) is 0.278. The number of anilines is 1. The van der Waals surface area contributed by atoms with Crippen molar-refractivity contribution in [3.8, 4) is 0 Å². The number of rotatable bonds is 5. The SMILES string of the molecule is CC(=O)c1c(C)[nH]c(C(=O)OCC(=O)Nc2cc(C(F)(F)F)ccc2Cl)c1C. The summed E-state index contributed by atoms with van der Waals surface area (Å²) in [4.78, 5) is 38.4. The first kappa shape index (κ1) is 21.5. The van der Waals surface area contributed by atoms with Crippen LogP contribution < -0.4 is 5.32 Å². The van der Waals surface area contributed by atoms with Crippen LogP contribution in [0.5, 0.6) is 0 Å². The van der Waals surface area contributed by atoms with Crippen LogP contribution in [0, 0.1) is 13.8 Å². The van der Waals surface area contributed by atoms with Crippen molar-refractivity contribution in [1.82, 2.24) is 4.98 Å². The normalized spacial score (nSPS) is 11.2. The molecule has 2 N–H and O–H groups in total. The number of aromatic nitrogens is 1. The lowest BCUT2D eigenvalue weighted by atomic mass is 10.1. The number of amides is 1. The molecule has 0 aliphatic carbocycles.